The third-order valence-corrected chi connectivity index (χ3v) is 14.9. The summed E-state index contributed by atoms with van der Waals surface area (Å²) >= 11 is 0. The van der Waals surface area contributed by atoms with E-state index in [0.717, 1.165) is 50.5 Å². The largest absolute Gasteiger partial charge is 0.508 e. The molecule has 1 unspecified atom stereocenters. The molecule has 246 valence electrons. The van der Waals surface area contributed by atoms with Crippen LogP contribution in [0.15, 0.2) is 42.0 Å². The molecule has 45 heavy (non-hydrogen) atoms. The van der Waals surface area contributed by atoms with Crippen LogP contribution in [0.1, 0.15) is 105 Å². The van der Waals surface area contributed by atoms with Gasteiger partial charge in [0.2, 0.25) is 0 Å². The molecule has 0 amide bonds. The number of rotatable bonds is 4. The number of hydrogen-bond acceptors (Lipinski definition) is 5. The summed E-state index contributed by atoms with van der Waals surface area (Å²) in [5.74, 6) is 0.617. The number of aliphatic carboxylic acids is 1. The van der Waals surface area contributed by atoms with E-state index in [1.165, 1.54) is 11.6 Å². The highest BCUT2D eigenvalue weighted by Crippen LogP contribution is 2.75. The van der Waals surface area contributed by atoms with Crippen LogP contribution >= 0.6 is 0 Å². The molecule has 11 atom stereocenters. The Balaban J connectivity index is 1.29. The molecular weight excluding hydrogens is 564 g/mol. The van der Waals surface area contributed by atoms with Gasteiger partial charge in [-0.15, -0.1) is 0 Å². The van der Waals surface area contributed by atoms with Crippen molar-refractivity contribution in [1.82, 2.24) is 0 Å². The molecule has 0 aliphatic heterocycles. The predicted molar refractivity (Wildman–Crippen MR) is 175 cm³/mol. The lowest BCUT2D eigenvalue weighted by Crippen LogP contribution is -2.67. The predicted octanol–water partition coefficient (Wildman–Crippen LogP) is 8.03. The summed E-state index contributed by atoms with van der Waals surface area (Å²) in [6.07, 6.45) is 11.1. The number of carbonyl (C=O) groups is 2. The van der Waals surface area contributed by atoms with E-state index < -0.39 is 35.0 Å². The van der Waals surface area contributed by atoms with Crippen molar-refractivity contribution in [3.05, 3.63) is 47.6 Å². The standard InChI is InChI=1S/C39H54O6/c1-23-16-19-39(34(43)44)21-20-37(6)27(32(39)24(23)2)13-14-30-36(5)22-28(41)33(35(3,4)29(36)17-18-38(30,37)7)45-31(42)15-10-25-8-11-26(40)12-9-25/h8-13,15,23-24,28-30,32-33,40-41H,14,16-22H2,1-7H3,(H,43,44)/b15-10+/t23-,24+,28-,29+,30-,32?,33+,36+,37-,38-,39+/m1/s1. The molecule has 5 aliphatic carbocycles. The van der Waals surface area contributed by atoms with Crippen LogP contribution in [0, 0.1) is 56.7 Å². The third kappa shape index (κ3) is 4.58. The van der Waals surface area contributed by atoms with E-state index in [9.17, 15) is 24.9 Å². The Morgan fingerprint density at radius 1 is 0.933 bits per heavy atom. The van der Waals surface area contributed by atoms with Crippen molar-refractivity contribution >= 4 is 18.0 Å². The second kappa shape index (κ2) is 10.7. The zero-order valence-electron chi connectivity index (χ0n) is 28.3. The fourth-order valence-electron chi connectivity index (χ4n) is 12.1. The first kappa shape index (κ1) is 32.3. The molecule has 6 heteroatoms. The van der Waals surface area contributed by atoms with Gasteiger partial charge in [-0.3, -0.25) is 4.79 Å². The maximum atomic E-state index is 13.0. The lowest BCUT2D eigenvalue weighted by molar-refractivity contribution is -0.238. The minimum Gasteiger partial charge on any atom is -0.508 e. The highest BCUT2D eigenvalue weighted by Gasteiger charge is 2.70. The number of carboxylic acid groups (broad SMARTS) is 1. The number of carboxylic acids is 1. The number of ether oxygens (including phenoxy) is 1. The van der Waals surface area contributed by atoms with Crippen molar-refractivity contribution in [2.24, 2.45) is 56.7 Å². The van der Waals surface area contributed by atoms with Crippen molar-refractivity contribution in [1.29, 1.82) is 0 Å². The number of phenols is 1. The molecule has 4 fully saturated rings. The SMILES string of the molecule is C[C@@H]1CC[C@]2(C(=O)O)CC[C@]3(C)C(=CC[C@@H]4[C@@]5(C)C[C@@H](O)[C@H](OC(=O)/C=C/c6ccc(O)cc6)C(C)(C)[C@@H]5CC[C@]43C)C2[C@H]1C. The first-order valence-corrected chi connectivity index (χ1v) is 17.3. The lowest BCUT2D eigenvalue weighted by atomic mass is 9.33. The maximum absolute atomic E-state index is 13.0. The smallest absolute Gasteiger partial charge is 0.331 e. The molecule has 0 heterocycles. The van der Waals surface area contributed by atoms with Gasteiger partial charge in [0.05, 0.1) is 11.5 Å². The van der Waals surface area contributed by atoms with Gasteiger partial charge in [-0.2, -0.15) is 0 Å². The van der Waals surface area contributed by atoms with Crippen LogP contribution in [0.25, 0.3) is 6.08 Å². The molecule has 0 spiro atoms. The zero-order valence-corrected chi connectivity index (χ0v) is 28.3. The molecule has 0 saturated heterocycles. The molecule has 1 aromatic carbocycles. The summed E-state index contributed by atoms with van der Waals surface area (Å²) in [5, 5.41) is 32.0. The Bertz CT molecular complexity index is 1410. The first-order valence-electron chi connectivity index (χ1n) is 17.3. The highest BCUT2D eigenvalue weighted by atomic mass is 16.6. The van der Waals surface area contributed by atoms with Gasteiger partial charge < -0.3 is 20.1 Å². The van der Waals surface area contributed by atoms with E-state index in [1.807, 2.05) is 0 Å². The van der Waals surface area contributed by atoms with Gasteiger partial charge in [0.1, 0.15) is 11.9 Å². The van der Waals surface area contributed by atoms with Crippen molar-refractivity contribution in [3.63, 3.8) is 0 Å². The Hall–Kier alpha value is -2.60. The number of phenolic OH excluding ortho intramolecular Hbond substituents is 1. The van der Waals surface area contributed by atoms with Crippen LogP contribution < -0.4 is 0 Å². The Labute approximate surface area is 269 Å². The molecule has 6 rings (SSSR count). The molecule has 6 nitrogen and oxygen atoms in total. The summed E-state index contributed by atoms with van der Waals surface area (Å²) in [6.45, 7) is 16.2. The number of hydrogen-bond donors (Lipinski definition) is 3. The summed E-state index contributed by atoms with van der Waals surface area (Å²) in [4.78, 5) is 26.0. The van der Waals surface area contributed by atoms with Crippen molar-refractivity contribution in [2.45, 2.75) is 112 Å². The van der Waals surface area contributed by atoms with Gasteiger partial charge in [-0.05, 0) is 121 Å². The normalized spacial score (nSPS) is 45.3. The van der Waals surface area contributed by atoms with Crippen LogP contribution in [-0.2, 0) is 14.3 Å². The average Bonchev–Trinajstić information content (AvgIpc) is 2.97. The summed E-state index contributed by atoms with van der Waals surface area (Å²) in [7, 11) is 0. The van der Waals surface area contributed by atoms with E-state index >= 15 is 0 Å². The van der Waals surface area contributed by atoms with E-state index in [1.54, 1.807) is 30.3 Å². The van der Waals surface area contributed by atoms with E-state index in [4.69, 9.17) is 4.74 Å². The Kier molecular flexibility index (Phi) is 7.70. The van der Waals surface area contributed by atoms with Crippen molar-refractivity contribution < 1.29 is 29.6 Å². The van der Waals surface area contributed by atoms with Crippen LogP contribution in [0.2, 0.25) is 0 Å². The fraction of sp³-hybridized carbons (Fsp3) is 0.692. The quantitative estimate of drug-likeness (QED) is 0.179. The van der Waals surface area contributed by atoms with Gasteiger partial charge in [0.25, 0.3) is 0 Å². The minimum atomic E-state index is -0.780. The fourth-order valence-corrected chi connectivity index (χ4v) is 12.1. The van der Waals surface area contributed by atoms with Crippen LogP contribution in [0.4, 0.5) is 0 Å². The number of fused-ring (bicyclic) bond motifs is 7. The highest BCUT2D eigenvalue weighted by molar-refractivity contribution is 5.87. The van der Waals surface area contributed by atoms with Crippen LogP contribution in [0.5, 0.6) is 5.75 Å². The molecule has 0 radical (unpaired) electrons. The van der Waals surface area contributed by atoms with Gasteiger partial charge in [-0.1, -0.05) is 72.2 Å². The Morgan fingerprint density at radius 2 is 1.62 bits per heavy atom. The molecule has 4 saturated carbocycles. The van der Waals surface area contributed by atoms with Gasteiger partial charge in [0.15, 0.2) is 0 Å². The zero-order chi connectivity index (χ0) is 32.7. The Morgan fingerprint density at radius 3 is 2.29 bits per heavy atom. The minimum absolute atomic E-state index is 0.0143. The molecule has 1 aromatic rings. The van der Waals surface area contributed by atoms with E-state index in [-0.39, 0.29) is 33.8 Å². The van der Waals surface area contributed by atoms with Crippen LogP contribution in [0.3, 0.4) is 0 Å². The summed E-state index contributed by atoms with van der Waals surface area (Å²) in [5.41, 5.74) is 0.857. The molecular formula is C39H54O6. The molecule has 0 aromatic heterocycles. The number of aromatic hydroxyl groups is 1. The van der Waals surface area contributed by atoms with Gasteiger partial charge in [0, 0.05) is 11.5 Å². The van der Waals surface area contributed by atoms with E-state index in [0.29, 0.717) is 24.2 Å². The summed E-state index contributed by atoms with van der Waals surface area (Å²) in [6, 6.07) is 6.62. The van der Waals surface area contributed by atoms with Gasteiger partial charge in [-0.25, -0.2) is 4.79 Å². The molecule has 0 bridgehead atoms. The van der Waals surface area contributed by atoms with E-state index in [2.05, 4.69) is 54.5 Å². The number of carbonyl (C=O) groups excluding carboxylic acids is 1. The lowest BCUT2D eigenvalue weighted by Gasteiger charge is -2.71. The number of aliphatic hydroxyl groups excluding tert-OH is 1. The molecule has 3 N–H and O–H groups in total. The van der Waals surface area contributed by atoms with Gasteiger partial charge >= 0.3 is 11.9 Å². The van der Waals surface area contributed by atoms with Crippen LogP contribution in [-0.4, -0.2) is 39.5 Å². The monoisotopic (exact) mass is 618 g/mol. The average molecular weight is 619 g/mol. The second-order valence-corrected chi connectivity index (χ2v) is 17.0. The van der Waals surface area contributed by atoms with Crippen molar-refractivity contribution in [3.8, 4) is 5.75 Å². The first-order chi connectivity index (χ1) is 21.0. The number of aliphatic hydroxyl groups is 1. The second-order valence-electron chi connectivity index (χ2n) is 17.0. The number of allylic oxidation sites excluding steroid dienone is 2. The number of esters is 1. The maximum Gasteiger partial charge on any atom is 0.331 e. The number of benzene rings is 1. The topological polar surface area (TPSA) is 104 Å². The van der Waals surface area contributed by atoms with Crippen molar-refractivity contribution in [2.75, 3.05) is 0 Å². The third-order valence-electron chi connectivity index (χ3n) is 14.9. The summed E-state index contributed by atoms with van der Waals surface area (Å²) < 4.78 is 6.05. The molecule has 5 aliphatic rings.